The largest absolute Gasteiger partial charge is 0.477 e. The number of thiophene rings is 1. The van der Waals surface area contributed by atoms with Crippen molar-refractivity contribution in [1.29, 1.82) is 0 Å². The molecule has 0 spiro atoms. The molecule has 0 saturated carbocycles. The van der Waals surface area contributed by atoms with Crippen LogP contribution in [0, 0.1) is 0 Å². The Morgan fingerprint density at radius 1 is 1.52 bits per heavy atom. The average Bonchev–Trinajstić information content (AvgIpc) is 3.05. The maximum absolute atomic E-state index is 12.2. The summed E-state index contributed by atoms with van der Waals surface area (Å²) in [6.45, 7) is 1.90. The Morgan fingerprint density at radius 2 is 2.38 bits per heavy atom. The van der Waals surface area contributed by atoms with E-state index < -0.39 is 5.97 Å². The SMILES string of the molecule is O=C(O)C1=CCC2/C(=C\c3cc4c(s3)CCNC4)C(=O)N12. The number of hydrogen-bond acceptors (Lipinski definition) is 4. The van der Waals surface area contributed by atoms with Crippen LogP contribution in [0.5, 0.6) is 0 Å². The molecule has 108 valence electrons. The van der Waals surface area contributed by atoms with Crippen LogP contribution in [0.15, 0.2) is 23.4 Å². The van der Waals surface area contributed by atoms with Gasteiger partial charge < -0.3 is 10.4 Å². The summed E-state index contributed by atoms with van der Waals surface area (Å²) in [6.07, 6.45) is 5.21. The standard InChI is InChI=1S/C15H14N2O3S/c18-14-10(11-1-2-12(15(19)20)17(11)14)6-9-5-8-7-16-4-3-13(8)21-9/h2,5-6,11,16H,1,3-4,7H2,(H,19,20)/b10-6+. The number of hydrogen-bond donors (Lipinski definition) is 2. The summed E-state index contributed by atoms with van der Waals surface area (Å²) in [6, 6.07) is 2.05. The molecule has 1 amide bonds. The van der Waals surface area contributed by atoms with Crippen LogP contribution < -0.4 is 5.32 Å². The van der Waals surface area contributed by atoms with E-state index >= 15 is 0 Å². The first-order valence-corrected chi connectivity index (χ1v) is 7.77. The van der Waals surface area contributed by atoms with Crippen molar-refractivity contribution in [2.24, 2.45) is 0 Å². The van der Waals surface area contributed by atoms with Crippen molar-refractivity contribution in [2.45, 2.75) is 25.4 Å². The maximum atomic E-state index is 12.2. The van der Waals surface area contributed by atoms with Crippen LogP contribution in [0.1, 0.15) is 21.7 Å². The van der Waals surface area contributed by atoms with Crippen molar-refractivity contribution in [1.82, 2.24) is 10.2 Å². The van der Waals surface area contributed by atoms with Gasteiger partial charge in [-0.2, -0.15) is 0 Å². The van der Waals surface area contributed by atoms with Gasteiger partial charge in [-0.05, 0) is 30.5 Å². The number of carboxylic acid groups (broad SMARTS) is 1. The number of nitrogens with one attached hydrogen (secondary N) is 1. The summed E-state index contributed by atoms with van der Waals surface area (Å²) in [7, 11) is 0. The molecule has 21 heavy (non-hydrogen) atoms. The fraction of sp³-hybridized carbons (Fsp3) is 0.333. The van der Waals surface area contributed by atoms with E-state index in [2.05, 4.69) is 11.4 Å². The minimum absolute atomic E-state index is 0.0825. The number of carbonyl (C=O) groups is 2. The van der Waals surface area contributed by atoms with Crippen molar-refractivity contribution >= 4 is 29.3 Å². The Hall–Kier alpha value is -1.92. The highest BCUT2D eigenvalue weighted by Gasteiger charge is 2.48. The Kier molecular flexibility index (Phi) is 2.77. The molecule has 1 atom stereocenters. The molecule has 0 aromatic carbocycles. The van der Waals surface area contributed by atoms with Gasteiger partial charge >= 0.3 is 5.97 Å². The zero-order valence-corrected chi connectivity index (χ0v) is 12.1. The first-order chi connectivity index (χ1) is 10.1. The van der Waals surface area contributed by atoms with Gasteiger partial charge in [0.15, 0.2) is 0 Å². The molecule has 1 fully saturated rings. The zero-order valence-electron chi connectivity index (χ0n) is 11.3. The summed E-state index contributed by atoms with van der Waals surface area (Å²) in [5.41, 5.74) is 2.17. The lowest BCUT2D eigenvalue weighted by Crippen LogP contribution is -2.52. The van der Waals surface area contributed by atoms with Crippen LogP contribution in [-0.2, 0) is 22.6 Å². The maximum Gasteiger partial charge on any atom is 0.352 e. The van der Waals surface area contributed by atoms with Gasteiger partial charge in [0.05, 0.1) is 6.04 Å². The molecule has 1 saturated heterocycles. The number of aliphatic carboxylic acids is 1. The molecule has 0 radical (unpaired) electrons. The Balaban J connectivity index is 1.60. The summed E-state index contributed by atoms with van der Waals surface area (Å²) in [5, 5.41) is 12.4. The van der Waals surface area contributed by atoms with E-state index in [9.17, 15) is 9.59 Å². The molecule has 2 N–H and O–H groups in total. The molecular formula is C15H14N2O3S. The lowest BCUT2D eigenvalue weighted by Gasteiger charge is -2.38. The molecule has 0 aliphatic carbocycles. The number of carboxylic acids is 1. The molecule has 5 nitrogen and oxygen atoms in total. The van der Waals surface area contributed by atoms with Gasteiger partial charge in [-0.1, -0.05) is 6.08 Å². The van der Waals surface area contributed by atoms with Crippen molar-refractivity contribution in [3.8, 4) is 0 Å². The second kappa shape index (κ2) is 4.54. The Morgan fingerprint density at radius 3 is 3.14 bits per heavy atom. The average molecular weight is 302 g/mol. The topological polar surface area (TPSA) is 69.6 Å². The number of β-lactam (4-membered cyclic amide) rings is 1. The van der Waals surface area contributed by atoms with Gasteiger partial charge in [-0.25, -0.2) is 4.79 Å². The summed E-state index contributed by atoms with van der Waals surface area (Å²) in [5.74, 6) is -1.20. The zero-order chi connectivity index (χ0) is 14.6. The third kappa shape index (κ3) is 1.86. The van der Waals surface area contributed by atoms with Gasteiger partial charge in [0.25, 0.3) is 5.91 Å². The van der Waals surface area contributed by atoms with E-state index in [1.54, 1.807) is 17.4 Å². The first-order valence-electron chi connectivity index (χ1n) is 6.96. The predicted octanol–water partition coefficient (Wildman–Crippen LogP) is 1.36. The highest BCUT2D eigenvalue weighted by molar-refractivity contribution is 7.13. The number of amides is 1. The van der Waals surface area contributed by atoms with Gasteiger partial charge in [0, 0.05) is 28.4 Å². The van der Waals surface area contributed by atoms with Gasteiger partial charge in [0.1, 0.15) is 5.70 Å². The van der Waals surface area contributed by atoms with E-state index in [0.717, 1.165) is 30.0 Å². The minimum atomic E-state index is -1.03. The number of rotatable bonds is 2. The molecule has 4 heterocycles. The minimum Gasteiger partial charge on any atom is -0.477 e. The molecule has 4 rings (SSSR count). The number of carbonyl (C=O) groups excluding carboxylic acids is 1. The van der Waals surface area contributed by atoms with Crippen LogP contribution >= 0.6 is 11.3 Å². The van der Waals surface area contributed by atoms with E-state index in [4.69, 9.17) is 5.11 Å². The number of fused-ring (bicyclic) bond motifs is 2. The van der Waals surface area contributed by atoms with Crippen molar-refractivity contribution in [3.05, 3.63) is 38.7 Å². The van der Waals surface area contributed by atoms with Crippen LogP contribution in [0.2, 0.25) is 0 Å². The molecule has 0 bridgehead atoms. The summed E-state index contributed by atoms with van der Waals surface area (Å²) in [4.78, 5) is 27.1. The van der Waals surface area contributed by atoms with Crippen molar-refractivity contribution in [3.63, 3.8) is 0 Å². The molecule has 1 aromatic rings. The molecule has 6 heteroatoms. The second-order valence-corrected chi connectivity index (χ2v) is 6.61. The Labute approximate surface area is 125 Å². The van der Waals surface area contributed by atoms with E-state index in [0.29, 0.717) is 6.42 Å². The van der Waals surface area contributed by atoms with Gasteiger partial charge in [-0.3, -0.25) is 9.69 Å². The quantitative estimate of drug-likeness (QED) is 0.639. The highest BCUT2D eigenvalue weighted by Crippen LogP contribution is 2.40. The Bertz CT molecular complexity index is 693. The summed E-state index contributed by atoms with van der Waals surface area (Å²) < 4.78 is 0. The third-order valence-electron chi connectivity index (χ3n) is 4.21. The van der Waals surface area contributed by atoms with Gasteiger partial charge in [-0.15, -0.1) is 11.3 Å². The van der Waals surface area contributed by atoms with E-state index in [-0.39, 0.29) is 17.6 Å². The van der Waals surface area contributed by atoms with E-state index in [1.807, 2.05) is 6.08 Å². The predicted molar refractivity (Wildman–Crippen MR) is 78.7 cm³/mol. The molecule has 3 aliphatic heterocycles. The smallest absolute Gasteiger partial charge is 0.352 e. The number of nitrogens with zero attached hydrogens (tertiary/aromatic N) is 1. The molecule has 1 unspecified atom stereocenters. The van der Waals surface area contributed by atoms with Gasteiger partial charge in [0.2, 0.25) is 0 Å². The van der Waals surface area contributed by atoms with Crippen LogP contribution in [0.4, 0.5) is 0 Å². The van der Waals surface area contributed by atoms with Crippen molar-refractivity contribution < 1.29 is 14.7 Å². The highest BCUT2D eigenvalue weighted by atomic mass is 32.1. The van der Waals surface area contributed by atoms with Crippen LogP contribution in [0.25, 0.3) is 6.08 Å². The molecule has 1 aromatic heterocycles. The monoisotopic (exact) mass is 302 g/mol. The van der Waals surface area contributed by atoms with Crippen LogP contribution in [0.3, 0.4) is 0 Å². The second-order valence-electron chi connectivity index (χ2n) is 5.44. The van der Waals surface area contributed by atoms with Crippen molar-refractivity contribution in [2.75, 3.05) is 6.54 Å². The molecule has 3 aliphatic rings. The van der Waals surface area contributed by atoms with Crippen LogP contribution in [-0.4, -0.2) is 34.5 Å². The lowest BCUT2D eigenvalue weighted by molar-refractivity contribution is -0.142. The normalized spacial score (nSPS) is 25.4. The summed E-state index contributed by atoms with van der Waals surface area (Å²) >= 11 is 1.74. The fourth-order valence-corrected chi connectivity index (χ4v) is 4.31. The first kappa shape index (κ1) is 12.8. The third-order valence-corrected chi connectivity index (χ3v) is 5.39. The lowest BCUT2D eigenvalue weighted by atomic mass is 9.94. The fourth-order valence-electron chi connectivity index (χ4n) is 3.18. The van der Waals surface area contributed by atoms with E-state index in [1.165, 1.54) is 15.3 Å². The molecular weight excluding hydrogens is 288 g/mol.